The van der Waals surface area contributed by atoms with Crippen LogP contribution in [-0.2, 0) is 12.3 Å². The lowest BCUT2D eigenvalue weighted by Crippen LogP contribution is -1.90. The van der Waals surface area contributed by atoms with Crippen LogP contribution >= 0.6 is 50.7 Å². The molecule has 0 aliphatic heterocycles. The van der Waals surface area contributed by atoms with Crippen LogP contribution in [0.5, 0.6) is 0 Å². The van der Waals surface area contributed by atoms with E-state index in [0.29, 0.717) is 10.9 Å². The summed E-state index contributed by atoms with van der Waals surface area (Å²) in [5.74, 6) is 0.376. The number of halogens is 4. The Hall–Kier alpha value is 0.570. The molecule has 0 amide bonds. The van der Waals surface area contributed by atoms with Crippen molar-refractivity contribution in [1.82, 2.24) is 0 Å². The maximum absolute atomic E-state index is 6.06. The average Bonchev–Trinajstić information content (AvgIpc) is 2.12. The highest BCUT2D eigenvalue weighted by Gasteiger charge is 2.11. The largest absolute Gasteiger partial charge is 0.121 e. The van der Waals surface area contributed by atoms with E-state index in [0.717, 1.165) is 27.0 Å². The molecule has 0 aromatic heterocycles. The van der Waals surface area contributed by atoms with Crippen molar-refractivity contribution < 1.29 is 0 Å². The molecule has 0 bridgehead atoms. The molecule has 0 N–H and O–H groups in total. The van der Waals surface area contributed by atoms with Crippen LogP contribution in [0, 0.1) is 0 Å². The van der Waals surface area contributed by atoms with Gasteiger partial charge < -0.3 is 0 Å². The van der Waals surface area contributed by atoms with Crippen molar-refractivity contribution >= 4 is 50.7 Å². The van der Waals surface area contributed by atoms with Crippen molar-refractivity contribution in [3.63, 3.8) is 0 Å². The predicted molar refractivity (Wildman–Crippen MR) is 63.1 cm³/mol. The first-order valence-electron chi connectivity index (χ1n) is 3.83. The van der Waals surface area contributed by atoms with Gasteiger partial charge in [-0.3, -0.25) is 0 Å². The lowest BCUT2D eigenvalue weighted by molar-refractivity contribution is 1.12. The zero-order chi connectivity index (χ0) is 10.0. The second kappa shape index (κ2) is 4.88. The topological polar surface area (TPSA) is 0 Å². The van der Waals surface area contributed by atoms with E-state index in [-0.39, 0.29) is 0 Å². The molecule has 0 heterocycles. The fraction of sp³-hybridized carbons (Fsp3) is 0.333. The minimum absolute atomic E-state index is 0.376. The van der Waals surface area contributed by atoms with E-state index in [1.165, 1.54) is 0 Å². The predicted octanol–water partition coefficient (Wildman–Crippen LogP) is 5.06. The zero-order valence-electron chi connectivity index (χ0n) is 7.00. The smallest absolute Gasteiger partial charge is 0.0596 e. The number of rotatable bonds is 2. The third kappa shape index (κ3) is 2.33. The molecule has 0 fully saturated rings. The van der Waals surface area contributed by atoms with E-state index in [2.05, 4.69) is 15.9 Å². The third-order valence-electron chi connectivity index (χ3n) is 1.83. The average molecular weight is 302 g/mol. The molecular weight excluding hydrogens is 294 g/mol. The van der Waals surface area contributed by atoms with Crippen molar-refractivity contribution in [2.24, 2.45) is 0 Å². The summed E-state index contributed by atoms with van der Waals surface area (Å²) in [7, 11) is 0. The molecule has 0 saturated heterocycles. The summed E-state index contributed by atoms with van der Waals surface area (Å²) in [5, 5.41) is 1.38. The van der Waals surface area contributed by atoms with E-state index >= 15 is 0 Å². The quantitative estimate of drug-likeness (QED) is 0.529. The Morgan fingerprint density at radius 3 is 2.46 bits per heavy atom. The van der Waals surface area contributed by atoms with E-state index in [1.807, 2.05) is 13.0 Å². The lowest BCUT2D eigenvalue weighted by Gasteiger charge is -2.09. The molecule has 0 nitrogen and oxygen atoms in total. The molecule has 4 heteroatoms. The molecular formula is C9H8BrCl3. The van der Waals surface area contributed by atoms with Gasteiger partial charge in [-0.05, 0) is 39.5 Å². The van der Waals surface area contributed by atoms with Crippen molar-refractivity contribution in [3.05, 3.63) is 31.7 Å². The van der Waals surface area contributed by atoms with Crippen molar-refractivity contribution in [2.45, 2.75) is 19.2 Å². The Labute approximate surface area is 101 Å². The molecule has 0 atom stereocenters. The van der Waals surface area contributed by atoms with Gasteiger partial charge in [-0.1, -0.05) is 30.1 Å². The Morgan fingerprint density at radius 2 is 2.00 bits per heavy atom. The number of hydrogen-bond donors (Lipinski definition) is 0. The molecule has 1 aromatic rings. The molecule has 72 valence electrons. The molecule has 0 unspecified atom stereocenters. The Morgan fingerprint density at radius 1 is 1.38 bits per heavy atom. The minimum atomic E-state index is 0.376. The standard InChI is InChI=1S/C9H8BrCl3/c1-2-6-7(12)3-5(4-11)9(13)8(6)10/h3H,2,4H2,1H3. The molecule has 1 rings (SSSR count). The lowest BCUT2D eigenvalue weighted by atomic mass is 10.1. The maximum Gasteiger partial charge on any atom is 0.0596 e. The van der Waals surface area contributed by atoms with E-state index in [9.17, 15) is 0 Å². The first-order valence-corrected chi connectivity index (χ1v) is 5.91. The van der Waals surface area contributed by atoms with Gasteiger partial charge in [0, 0.05) is 15.4 Å². The summed E-state index contributed by atoms with van der Waals surface area (Å²) in [4.78, 5) is 0. The maximum atomic E-state index is 6.06. The van der Waals surface area contributed by atoms with Gasteiger partial charge in [0.05, 0.1) is 5.02 Å². The van der Waals surface area contributed by atoms with Crippen molar-refractivity contribution in [1.29, 1.82) is 0 Å². The van der Waals surface area contributed by atoms with Gasteiger partial charge in [-0.15, -0.1) is 11.6 Å². The van der Waals surface area contributed by atoms with Crippen molar-refractivity contribution in [2.75, 3.05) is 0 Å². The highest BCUT2D eigenvalue weighted by molar-refractivity contribution is 9.10. The SMILES string of the molecule is CCc1c(Cl)cc(CCl)c(Cl)c1Br. The van der Waals surface area contributed by atoms with Gasteiger partial charge in [0.15, 0.2) is 0 Å². The van der Waals surface area contributed by atoms with Gasteiger partial charge in [0.1, 0.15) is 0 Å². The molecule has 0 spiro atoms. The molecule has 0 aliphatic rings. The van der Waals surface area contributed by atoms with E-state index in [4.69, 9.17) is 34.8 Å². The summed E-state index contributed by atoms with van der Waals surface area (Å²) in [5.41, 5.74) is 1.89. The highest BCUT2D eigenvalue weighted by atomic mass is 79.9. The van der Waals surface area contributed by atoms with Crippen LogP contribution in [-0.4, -0.2) is 0 Å². The number of benzene rings is 1. The Bertz CT molecular complexity index is 323. The minimum Gasteiger partial charge on any atom is -0.121 e. The van der Waals surface area contributed by atoms with Crippen LogP contribution < -0.4 is 0 Å². The summed E-state index contributed by atoms with van der Waals surface area (Å²) >= 11 is 21.2. The molecule has 13 heavy (non-hydrogen) atoms. The number of alkyl halides is 1. The van der Waals surface area contributed by atoms with Gasteiger partial charge in [0.2, 0.25) is 0 Å². The molecule has 0 radical (unpaired) electrons. The number of hydrogen-bond acceptors (Lipinski definition) is 0. The highest BCUT2D eigenvalue weighted by Crippen LogP contribution is 2.35. The van der Waals surface area contributed by atoms with Gasteiger partial charge >= 0.3 is 0 Å². The molecule has 1 aromatic carbocycles. The van der Waals surface area contributed by atoms with E-state index in [1.54, 1.807) is 0 Å². The zero-order valence-corrected chi connectivity index (χ0v) is 10.9. The Kier molecular flexibility index (Phi) is 4.37. The van der Waals surface area contributed by atoms with Crippen LogP contribution in [0.25, 0.3) is 0 Å². The first-order chi connectivity index (χ1) is 6.11. The first kappa shape index (κ1) is 11.6. The summed E-state index contributed by atoms with van der Waals surface area (Å²) in [6.45, 7) is 2.03. The normalized spacial score (nSPS) is 10.5. The second-order valence-corrected chi connectivity index (χ2v) is 4.46. The summed E-state index contributed by atoms with van der Waals surface area (Å²) < 4.78 is 0.861. The van der Waals surface area contributed by atoms with E-state index < -0.39 is 0 Å². The monoisotopic (exact) mass is 300 g/mol. The molecule has 0 saturated carbocycles. The van der Waals surface area contributed by atoms with Crippen LogP contribution in [0.1, 0.15) is 18.1 Å². The van der Waals surface area contributed by atoms with Crippen LogP contribution in [0.3, 0.4) is 0 Å². The van der Waals surface area contributed by atoms with Gasteiger partial charge in [-0.2, -0.15) is 0 Å². The fourth-order valence-electron chi connectivity index (χ4n) is 1.10. The second-order valence-electron chi connectivity index (χ2n) is 2.61. The van der Waals surface area contributed by atoms with Crippen molar-refractivity contribution in [3.8, 4) is 0 Å². The fourth-order valence-corrected chi connectivity index (χ4v) is 2.84. The third-order valence-corrected chi connectivity index (χ3v) is 3.99. The van der Waals surface area contributed by atoms with Gasteiger partial charge in [-0.25, -0.2) is 0 Å². The van der Waals surface area contributed by atoms with Crippen LogP contribution in [0.2, 0.25) is 10.0 Å². The molecule has 0 aliphatic carbocycles. The summed E-state index contributed by atoms with van der Waals surface area (Å²) in [6, 6.07) is 1.82. The van der Waals surface area contributed by atoms with Crippen LogP contribution in [0.15, 0.2) is 10.5 Å². The van der Waals surface area contributed by atoms with Gasteiger partial charge in [0.25, 0.3) is 0 Å². The van der Waals surface area contributed by atoms with Crippen LogP contribution in [0.4, 0.5) is 0 Å². The summed E-state index contributed by atoms with van der Waals surface area (Å²) in [6.07, 6.45) is 0.849. The Balaban J connectivity index is 3.37.